The minimum absolute atomic E-state index is 0.00671. The van der Waals surface area contributed by atoms with Gasteiger partial charge in [-0.1, -0.05) is 48.0 Å². The molecule has 0 aliphatic carbocycles. The Bertz CT molecular complexity index is 1470. The van der Waals surface area contributed by atoms with Crippen molar-refractivity contribution < 1.29 is 19.1 Å². The number of hydrogen-bond donors (Lipinski definition) is 0. The molecule has 4 rings (SSSR count). The third kappa shape index (κ3) is 5.21. The van der Waals surface area contributed by atoms with E-state index in [1.165, 1.54) is 7.11 Å². The smallest absolute Gasteiger partial charge is 0.293 e. The molecule has 1 heterocycles. The van der Waals surface area contributed by atoms with Crippen LogP contribution < -0.4 is 9.47 Å². The summed E-state index contributed by atoms with van der Waals surface area (Å²) in [7, 11) is 1.46. The number of benzene rings is 3. The Hall–Kier alpha value is -4.24. The van der Waals surface area contributed by atoms with Crippen molar-refractivity contribution in [1.82, 2.24) is 4.90 Å². The topological polar surface area (TPSA) is 103 Å². The van der Waals surface area contributed by atoms with Gasteiger partial charge in [0.15, 0.2) is 11.5 Å². The molecule has 3 aromatic rings. The predicted molar refractivity (Wildman–Crippen MR) is 136 cm³/mol. The molecule has 36 heavy (non-hydrogen) atoms. The van der Waals surface area contributed by atoms with Crippen LogP contribution in [0.3, 0.4) is 0 Å². The van der Waals surface area contributed by atoms with Crippen molar-refractivity contribution in [3.63, 3.8) is 0 Å². The number of amides is 2. The Labute approximate surface area is 217 Å². The molecular weight excluding hydrogens is 498 g/mol. The Morgan fingerprint density at radius 3 is 2.31 bits per heavy atom. The van der Waals surface area contributed by atoms with E-state index >= 15 is 0 Å². The maximum Gasteiger partial charge on any atom is 0.293 e. The molecule has 7 nitrogen and oxygen atoms in total. The van der Waals surface area contributed by atoms with Gasteiger partial charge in [-0.05, 0) is 53.2 Å². The maximum atomic E-state index is 13.0. The standard InChI is InChI=1S/C27H18ClN3O4S/c1-34-23-11-17(10-22(28)25(23)35-16-21-9-5-3-7-19(21)14-30)12-24-26(32)31(27(33)36-24)15-20-8-4-2-6-18(20)13-29/h2-12H,15-16H2,1H3/b24-12+. The summed E-state index contributed by atoms with van der Waals surface area (Å²) in [4.78, 5) is 26.9. The van der Waals surface area contributed by atoms with E-state index in [2.05, 4.69) is 12.1 Å². The van der Waals surface area contributed by atoms with Crippen LogP contribution in [0, 0.1) is 22.7 Å². The second-order valence-corrected chi connectivity index (χ2v) is 9.03. The minimum atomic E-state index is -0.457. The van der Waals surface area contributed by atoms with Gasteiger partial charge < -0.3 is 9.47 Å². The quantitative estimate of drug-likeness (QED) is 0.360. The fourth-order valence-electron chi connectivity index (χ4n) is 3.59. The normalized spacial score (nSPS) is 14.0. The summed E-state index contributed by atoms with van der Waals surface area (Å²) < 4.78 is 11.3. The Balaban J connectivity index is 1.56. The Kier molecular flexibility index (Phi) is 7.60. The van der Waals surface area contributed by atoms with E-state index in [9.17, 15) is 20.1 Å². The fraction of sp³-hybridized carbons (Fsp3) is 0.111. The first kappa shape index (κ1) is 24.9. The molecule has 0 N–H and O–H groups in total. The lowest BCUT2D eigenvalue weighted by molar-refractivity contribution is -0.123. The highest BCUT2D eigenvalue weighted by Gasteiger charge is 2.35. The van der Waals surface area contributed by atoms with Crippen LogP contribution >= 0.6 is 23.4 Å². The summed E-state index contributed by atoms with van der Waals surface area (Å²) in [6.45, 7) is 0.120. The highest BCUT2D eigenvalue weighted by Crippen LogP contribution is 2.39. The number of methoxy groups -OCH3 is 1. The Morgan fingerprint density at radius 1 is 1.00 bits per heavy atom. The van der Waals surface area contributed by atoms with Crippen LogP contribution in [0.4, 0.5) is 4.79 Å². The van der Waals surface area contributed by atoms with Crippen LogP contribution in [-0.2, 0) is 17.9 Å². The van der Waals surface area contributed by atoms with Crippen molar-refractivity contribution in [3.8, 4) is 23.6 Å². The highest BCUT2D eigenvalue weighted by atomic mass is 35.5. The molecule has 0 radical (unpaired) electrons. The number of halogens is 1. The van der Waals surface area contributed by atoms with Gasteiger partial charge in [0.2, 0.25) is 0 Å². The minimum Gasteiger partial charge on any atom is -0.493 e. The van der Waals surface area contributed by atoms with Gasteiger partial charge in [-0.2, -0.15) is 10.5 Å². The average Bonchev–Trinajstić information content (AvgIpc) is 3.15. The van der Waals surface area contributed by atoms with Gasteiger partial charge in [-0.25, -0.2) is 0 Å². The maximum absolute atomic E-state index is 13.0. The lowest BCUT2D eigenvalue weighted by Crippen LogP contribution is -2.27. The van der Waals surface area contributed by atoms with E-state index in [0.717, 1.165) is 16.7 Å². The second-order valence-electron chi connectivity index (χ2n) is 7.63. The lowest BCUT2D eigenvalue weighted by atomic mass is 10.1. The molecule has 2 amide bonds. The molecule has 0 aromatic heterocycles. The molecule has 0 atom stereocenters. The van der Waals surface area contributed by atoms with Gasteiger partial charge in [0, 0.05) is 5.56 Å². The number of rotatable bonds is 7. The van der Waals surface area contributed by atoms with Crippen LogP contribution in [-0.4, -0.2) is 23.2 Å². The first-order chi connectivity index (χ1) is 17.4. The number of carbonyl (C=O) groups excluding carboxylic acids is 2. The van der Waals surface area contributed by atoms with Crippen LogP contribution in [0.2, 0.25) is 5.02 Å². The number of carbonyl (C=O) groups is 2. The summed E-state index contributed by atoms with van der Waals surface area (Å²) in [5.74, 6) is 0.178. The van der Waals surface area contributed by atoms with Gasteiger partial charge in [0.05, 0.1) is 46.8 Å². The van der Waals surface area contributed by atoms with E-state index in [1.807, 2.05) is 6.07 Å². The van der Waals surface area contributed by atoms with Gasteiger partial charge in [0.1, 0.15) is 6.61 Å². The van der Waals surface area contributed by atoms with Gasteiger partial charge in [-0.3, -0.25) is 14.5 Å². The number of ether oxygens (including phenoxy) is 2. The second kappa shape index (κ2) is 11.0. The summed E-state index contributed by atoms with van der Waals surface area (Å²) >= 11 is 7.29. The first-order valence-corrected chi connectivity index (χ1v) is 11.9. The van der Waals surface area contributed by atoms with E-state index in [1.54, 1.807) is 60.7 Å². The Morgan fingerprint density at radius 2 is 1.64 bits per heavy atom. The monoisotopic (exact) mass is 515 g/mol. The lowest BCUT2D eigenvalue weighted by Gasteiger charge is -2.14. The van der Waals surface area contributed by atoms with Gasteiger partial charge >= 0.3 is 0 Å². The molecule has 0 saturated carbocycles. The summed E-state index contributed by atoms with van der Waals surface area (Å²) in [5, 5.41) is 18.4. The summed E-state index contributed by atoms with van der Waals surface area (Å²) in [6.07, 6.45) is 1.56. The van der Waals surface area contributed by atoms with E-state index < -0.39 is 11.1 Å². The molecule has 1 saturated heterocycles. The van der Waals surface area contributed by atoms with Crippen molar-refractivity contribution >= 4 is 40.6 Å². The van der Waals surface area contributed by atoms with Crippen molar-refractivity contribution in [2.24, 2.45) is 0 Å². The molecule has 9 heteroatoms. The molecule has 1 fully saturated rings. The molecule has 3 aromatic carbocycles. The molecule has 1 aliphatic rings. The zero-order valence-electron chi connectivity index (χ0n) is 19.0. The third-order valence-corrected chi connectivity index (χ3v) is 6.59. The van der Waals surface area contributed by atoms with E-state index in [4.69, 9.17) is 21.1 Å². The van der Waals surface area contributed by atoms with E-state index in [-0.39, 0.29) is 23.1 Å². The van der Waals surface area contributed by atoms with Crippen LogP contribution in [0.15, 0.2) is 65.6 Å². The van der Waals surface area contributed by atoms with Crippen molar-refractivity contribution in [2.75, 3.05) is 7.11 Å². The first-order valence-electron chi connectivity index (χ1n) is 10.7. The number of hydrogen-bond acceptors (Lipinski definition) is 7. The van der Waals surface area contributed by atoms with Gasteiger partial charge in [-0.15, -0.1) is 0 Å². The predicted octanol–water partition coefficient (Wildman–Crippen LogP) is 5.91. The number of imide groups is 1. The van der Waals surface area contributed by atoms with Crippen LogP contribution in [0.25, 0.3) is 6.08 Å². The largest absolute Gasteiger partial charge is 0.493 e. The van der Waals surface area contributed by atoms with Crippen molar-refractivity contribution in [2.45, 2.75) is 13.2 Å². The molecule has 0 bridgehead atoms. The van der Waals surface area contributed by atoms with Crippen molar-refractivity contribution in [3.05, 3.63) is 98.4 Å². The zero-order chi connectivity index (χ0) is 25.7. The van der Waals surface area contributed by atoms with E-state index in [0.29, 0.717) is 39.3 Å². The SMILES string of the molecule is COc1cc(/C=C2/SC(=O)N(Cc3ccccc3C#N)C2=O)cc(Cl)c1OCc1ccccc1C#N. The number of thioether (sulfide) groups is 1. The zero-order valence-corrected chi connectivity index (χ0v) is 20.6. The average molecular weight is 516 g/mol. The summed E-state index contributed by atoms with van der Waals surface area (Å²) in [6, 6.07) is 21.4. The third-order valence-electron chi connectivity index (χ3n) is 5.40. The summed E-state index contributed by atoms with van der Waals surface area (Å²) in [5.41, 5.74) is 2.74. The van der Waals surface area contributed by atoms with Crippen LogP contribution in [0.1, 0.15) is 27.8 Å². The highest BCUT2D eigenvalue weighted by molar-refractivity contribution is 8.18. The van der Waals surface area contributed by atoms with Crippen LogP contribution in [0.5, 0.6) is 11.5 Å². The fourth-order valence-corrected chi connectivity index (χ4v) is 4.71. The molecular formula is C27H18ClN3O4S. The molecule has 178 valence electrons. The number of nitriles is 2. The molecule has 0 spiro atoms. The molecule has 1 aliphatic heterocycles. The number of nitrogens with zero attached hydrogens (tertiary/aromatic N) is 3. The molecule has 0 unspecified atom stereocenters. The van der Waals surface area contributed by atoms with Crippen molar-refractivity contribution in [1.29, 1.82) is 10.5 Å². The van der Waals surface area contributed by atoms with Gasteiger partial charge in [0.25, 0.3) is 11.1 Å².